The molecule has 1 saturated heterocycles. The number of ether oxygens (including phenoxy) is 2. The van der Waals surface area contributed by atoms with Crippen LogP contribution >= 0.6 is 11.3 Å². The van der Waals surface area contributed by atoms with E-state index in [0.717, 1.165) is 4.88 Å². The number of halogens is 3. The van der Waals surface area contributed by atoms with E-state index in [2.05, 4.69) is 0 Å². The highest BCUT2D eigenvalue weighted by Gasteiger charge is 2.32. The van der Waals surface area contributed by atoms with Crippen molar-refractivity contribution in [2.75, 3.05) is 57.4 Å². The van der Waals surface area contributed by atoms with Crippen molar-refractivity contribution in [2.24, 2.45) is 0 Å². The predicted octanol–water partition coefficient (Wildman–Crippen LogP) is 3.62. The van der Waals surface area contributed by atoms with Crippen LogP contribution in [0.15, 0.2) is 35.7 Å². The molecule has 1 fully saturated rings. The molecule has 0 saturated carbocycles. The van der Waals surface area contributed by atoms with Crippen LogP contribution in [0.5, 0.6) is 11.5 Å². The number of rotatable bonds is 6. The van der Waals surface area contributed by atoms with Crippen LogP contribution in [0.1, 0.15) is 11.3 Å². The maximum atomic E-state index is 13.4. The summed E-state index contributed by atoms with van der Waals surface area (Å²) >= 11 is 1.57. The number of benzene rings is 1. The van der Waals surface area contributed by atoms with Gasteiger partial charge in [0, 0.05) is 29.7 Å². The van der Waals surface area contributed by atoms with Crippen LogP contribution in [-0.4, -0.2) is 74.4 Å². The van der Waals surface area contributed by atoms with Gasteiger partial charge in [0.2, 0.25) is 5.91 Å². The lowest BCUT2D eigenvalue weighted by atomic mass is 10.2. The fourth-order valence-electron chi connectivity index (χ4n) is 3.95. The van der Waals surface area contributed by atoms with Gasteiger partial charge in [-0.05, 0) is 43.1 Å². The number of fused-ring (bicyclic) bond motifs is 1. The van der Waals surface area contributed by atoms with Crippen molar-refractivity contribution in [3.63, 3.8) is 0 Å². The largest absolute Gasteiger partial charge is 0.486 e. The molecule has 2 aliphatic rings. The molecule has 1 amide bonds. The van der Waals surface area contributed by atoms with E-state index in [1.54, 1.807) is 22.3 Å². The van der Waals surface area contributed by atoms with Gasteiger partial charge in [-0.15, -0.1) is 11.3 Å². The average molecular weight is 470 g/mol. The van der Waals surface area contributed by atoms with E-state index in [-0.39, 0.29) is 12.5 Å². The maximum Gasteiger partial charge on any atom is 0.401 e. The Hall–Kier alpha value is -2.30. The van der Waals surface area contributed by atoms with Crippen molar-refractivity contribution < 1.29 is 27.4 Å². The average Bonchev–Trinajstić information content (AvgIpc) is 3.18. The van der Waals surface area contributed by atoms with Crippen LogP contribution < -0.4 is 14.4 Å². The summed E-state index contributed by atoms with van der Waals surface area (Å²) in [4.78, 5) is 19.5. The summed E-state index contributed by atoms with van der Waals surface area (Å²) in [5.41, 5.74) is 0.709. The zero-order valence-electron chi connectivity index (χ0n) is 17.6. The third kappa shape index (κ3) is 6.14. The summed E-state index contributed by atoms with van der Waals surface area (Å²) in [5, 5.41) is 1.96. The van der Waals surface area contributed by atoms with Gasteiger partial charge < -0.3 is 14.4 Å². The first-order valence-corrected chi connectivity index (χ1v) is 11.5. The second-order valence-corrected chi connectivity index (χ2v) is 8.94. The monoisotopic (exact) mass is 469 g/mol. The normalized spacial score (nSPS) is 17.7. The number of anilines is 1. The Morgan fingerprint density at radius 1 is 1.03 bits per heavy atom. The van der Waals surface area contributed by atoms with Crippen LogP contribution in [0, 0.1) is 0 Å². The van der Waals surface area contributed by atoms with Crippen LogP contribution in [-0.2, 0) is 11.3 Å². The number of thiophene rings is 1. The van der Waals surface area contributed by atoms with Crippen LogP contribution in [0.4, 0.5) is 18.9 Å². The first kappa shape index (κ1) is 22.9. The number of hydrogen-bond donors (Lipinski definition) is 0. The zero-order valence-corrected chi connectivity index (χ0v) is 18.5. The molecular formula is C22H26F3N3O3S. The molecule has 6 nitrogen and oxygen atoms in total. The lowest BCUT2D eigenvalue weighted by Gasteiger charge is -2.28. The van der Waals surface area contributed by atoms with Crippen molar-refractivity contribution in [3.05, 3.63) is 40.6 Å². The summed E-state index contributed by atoms with van der Waals surface area (Å²) < 4.78 is 49.5. The van der Waals surface area contributed by atoms with E-state index >= 15 is 0 Å². The number of carbonyl (C=O) groups excluding carboxylic acids is 1. The molecule has 10 heteroatoms. The lowest BCUT2D eigenvalue weighted by molar-refractivity contribution is -0.145. The van der Waals surface area contributed by atoms with E-state index < -0.39 is 12.7 Å². The van der Waals surface area contributed by atoms with Gasteiger partial charge in [0.1, 0.15) is 13.2 Å². The van der Waals surface area contributed by atoms with Crippen LogP contribution in [0.3, 0.4) is 0 Å². The summed E-state index contributed by atoms with van der Waals surface area (Å²) in [7, 11) is 0. The fraction of sp³-hybridized carbons (Fsp3) is 0.500. The van der Waals surface area contributed by atoms with Gasteiger partial charge >= 0.3 is 6.18 Å². The van der Waals surface area contributed by atoms with E-state index in [4.69, 9.17) is 9.47 Å². The molecule has 1 aromatic heterocycles. The van der Waals surface area contributed by atoms with Crippen molar-refractivity contribution in [3.8, 4) is 11.5 Å². The van der Waals surface area contributed by atoms with Crippen molar-refractivity contribution >= 4 is 22.9 Å². The number of carbonyl (C=O) groups is 1. The minimum Gasteiger partial charge on any atom is -0.486 e. The Labute approximate surface area is 189 Å². The van der Waals surface area contributed by atoms with Gasteiger partial charge in [-0.1, -0.05) is 6.07 Å². The smallest absolute Gasteiger partial charge is 0.401 e. The Morgan fingerprint density at radius 2 is 1.78 bits per heavy atom. The molecule has 0 atom stereocenters. The van der Waals surface area contributed by atoms with Gasteiger partial charge in [0.25, 0.3) is 0 Å². The second-order valence-electron chi connectivity index (χ2n) is 7.91. The predicted molar refractivity (Wildman–Crippen MR) is 116 cm³/mol. The lowest BCUT2D eigenvalue weighted by Crippen LogP contribution is -2.42. The van der Waals surface area contributed by atoms with E-state index in [1.165, 1.54) is 4.90 Å². The van der Waals surface area contributed by atoms with E-state index in [9.17, 15) is 18.0 Å². The molecule has 0 radical (unpaired) electrons. The molecule has 2 aromatic rings. The molecule has 0 spiro atoms. The molecule has 0 bridgehead atoms. The van der Waals surface area contributed by atoms with Crippen molar-refractivity contribution in [1.29, 1.82) is 0 Å². The first-order chi connectivity index (χ1) is 15.4. The van der Waals surface area contributed by atoms with Gasteiger partial charge in [0.15, 0.2) is 11.5 Å². The molecule has 32 heavy (non-hydrogen) atoms. The molecule has 174 valence electrons. The van der Waals surface area contributed by atoms with Crippen molar-refractivity contribution in [2.45, 2.75) is 19.1 Å². The first-order valence-electron chi connectivity index (χ1n) is 10.6. The minimum atomic E-state index is -4.21. The summed E-state index contributed by atoms with van der Waals surface area (Å²) in [6.45, 7) is 2.30. The molecule has 2 aliphatic heterocycles. The quantitative estimate of drug-likeness (QED) is 0.647. The summed E-state index contributed by atoms with van der Waals surface area (Å²) in [6.07, 6.45) is -3.61. The molecule has 3 heterocycles. The Balaban J connectivity index is 1.46. The summed E-state index contributed by atoms with van der Waals surface area (Å²) in [5.74, 6) is 1.16. The second kappa shape index (κ2) is 10.1. The van der Waals surface area contributed by atoms with Gasteiger partial charge in [-0.2, -0.15) is 13.2 Å². The molecule has 0 aliphatic carbocycles. The van der Waals surface area contributed by atoms with E-state index in [0.29, 0.717) is 69.5 Å². The highest BCUT2D eigenvalue weighted by molar-refractivity contribution is 7.09. The minimum absolute atomic E-state index is 0.0978. The fourth-order valence-corrected chi connectivity index (χ4v) is 4.65. The van der Waals surface area contributed by atoms with Crippen LogP contribution in [0.25, 0.3) is 0 Å². The molecule has 4 rings (SSSR count). The maximum absolute atomic E-state index is 13.4. The number of alkyl halides is 3. The standard InChI is InChI=1S/C22H26F3N3O3S/c23-22(24,25)16-27-7-2-6-26(8-9-27)15-21(29)28(14-18-3-1-12-32-18)17-4-5-19-20(13-17)31-11-10-30-19/h1,3-5,12-13H,2,6-11,14-16H2. The van der Waals surface area contributed by atoms with E-state index in [1.807, 2.05) is 34.5 Å². The Kier molecular flexibility index (Phi) is 7.22. The highest BCUT2D eigenvalue weighted by Crippen LogP contribution is 2.35. The van der Waals surface area contributed by atoms with Crippen LogP contribution in [0.2, 0.25) is 0 Å². The number of nitrogens with zero attached hydrogens (tertiary/aromatic N) is 3. The molecule has 0 unspecified atom stereocenters. The Bertz CT molecular complexity index is 908. The summed E-state index contributed by atoms with van der Waals surface area (Å²) in [6, 6.07) is 9.37. The number of hydrogen-bond acceptors (Lipinski definition) is 6. The SMILES string of the molecule is O=C(CN1CCCN(CC(F)(F)F)CC1)N(Cc1cccs1)c1ccc2c(c1)OCCO2. The third-order valence-electron chi connectivity index (χ3n) is 5.48. The molecule has 1 aromatic carbocycles. The number of amides is 1. The van der Waals surface area contributed by atoms with Crippen molar-refractivity contribution in [1.82, 2.24) is 9.80 Å². The zero-order chi connectivity index (χ0) is 22.6. The third-order valence-corrected chi connectivity index (χ3v) is 6.34. The van der Waals surface area contributed by atoms with Gasteiger partial charge in [-0.25, -0.2) is 0 Å². The molecular weight excluding hydrogens is 443 g/mol. The van der Waals surface area contributed by atoms with Gasteiger partial charge in [0.05, 0.1) is 19.6 Å². The topological polar surface area (TPSA) is 45.3 Å². The molecule has 0 N–H and O–H groups in total. The van der Waals surface area contributed by atoms with Gasteiger partial charge in [-0.3, -0.25) is 14.6 Å². The highest BCUT2D eigenvalue weighted by atomic mass is 32.1. The Morgan fingerprint density at radius 3 is 2.53 bits per heavy atom.